The van der Waals surface area contributed by atoms with Gasteiger partial charge in [-0.15, -0.1) is 0 Å². The van der Waals surface area contributed by atoms with Crippen LogP contribution in [0.1, 0.15) is 5.56 Å². The smallest absolute Gasteiger partial charge is 0.260 e. The van der Waals surface area contributed by atoms with Gasteiger partial charge in [0.05, 0.1) is 10.9 Å². The van der Waals surface area contributed by atoms with Gasteiger partial charge < -0.3 is 11.1 Å². The second kappa shape index (κ2) is 4.90. The predicted octanol–water partition coefficient (Wildman–Crippen LogP) is 2.70. The van der Waals surface area contributed by atoms with Crippen molar-refractivity contribution >= 4 is 28.2 Å². The second-order valence-electron chi connectivity index (χ2n) is 4.78. The fourth-order valence-corrected chi connectivity index (χ4v) is 2.07. The average molecular weight is 284 g/mol. The number of benzene rings is 2. The molecule has 5 nitrogen and oxygen atoms in total. The number of nitrogens with two attached hydrogens (primary N) is 1. The number of halogens is 1. The van der Waals surface area contributed by atoms with Crippen molar-refractivity contribution in [3.8, 4) is 0 Å². The summed E-state index contributed by atoms with van der Waals surface area (Å²) in [6.07, 6.45) is 0. The summed E-state index contributed by atoms with van der Waals surface area (Å²) < 4.78 is 13.2. The summed E-state index contributed by atoms with van der Waals surface area (Å²) in [4.78, 5) is 19.0. The molecule has 0 atom stereocenters. The van der Waals surface area contributed by atoms with Crippen molar-refractivity contribution < 1.29 is 4.39 Å². The lowest BCUT2D eigenvalue weighted by Crippen LogP contribution is -2.11. The van der Waals surface area contributed by atoms with Gasteiger partial charge in [0, 0.05) is 11.4 Å². The summed E-state index contributed by atoms with van der Waals surface area (Å²) in [5.74, 6) is 0.0132. The third kappa shape index (κ3) is 2.55. The third-order valence-electron chi connectivity index (χ3n) is 3.15. The highest BCUT2D eigenvalue weighted by atomic mass is 19.1. The molecule has 6 heteroatoms. The topological polar surface area (TPSA) is 83.8 Å². The number of hydrogen-bond acceptors (Lipinski definition) is 4. The van der Waals surface area contributed by atoms with Crippen molar-refractivity contribution in [1.82, 2.24) is 9.97 Å². The van der Waals surface area contributed by atoms with Crippen LogP contribution < -0.4 is 16.6 Å². The van der Waals surface area contributed by atoms with Gasteiger partial charge in [-0.1, -0.05) is 0 Å². The minimum absolute atomic E-state index is 0.281. The van der Waals surface area contributed by atoms with E-state index in [0.717, 1.165) is 0 Å². The molecule has 0 amide bonds. The van der Waals surface area contributed by atoms with Crippen LogP contribution in [0.2, 0.25) is 0 Å². The van der Waals surface area contributed by atoms with Crippen molar-refractivity contribution in [2.45, 2.75) is 6.92 Å². The van der Waals surface area contributed by atoms with Crippen LogP contribution in [0.15, 0.2) is 41.2 Å². The first kappa shape index (κ1) is 13.1. The summed E-state index contributed by atoms with van der Waals surface area (Å²) in [6.45, 7) is 1.67. The van der Waals surface area contributed by atoms with E-state index in [4.69, 9.17) is 5.73 Å². The Morgan fingerprint density at radius 3 is 2.81 bits per heavy atom. The van der Waals surface area contributed by atoms with Crippen LogP contribution in [-0.4, -0.2) is 9.97 Å². The zero-order valence-corrected chi connectivity index (χ0v) is 11.3. The fraction of sp³-hybridized carbons (Fsp3) is 0.0667. The Kier molecular flexibility index (Phi) is 3.06. The molecule has 0 unspecified atom stereocenters. The Hall–Kier alpha value is -2.89. The number of nitrogen functional groups attached to an aromatic ring is 1. The number of nitrogens with one attached hydrogen (secondary N) is 2. The quantitative estimate of drug-likeness (QED) is 0.632. The van der Waals surface area contributed by atoms with Gasteiger partial charge in [-0.2, -0.15) is 0 Å². The number of nitrogens with zero attached hydrogens (tertiary/aromatic N) is 1. The highest BCUT2D eigenvalue weighted by molar-refractivity contribution is 5.82. The molecule has 0 saturated heterocycles. The van der Waals surface area contributed by atoms with Gasteiger partial charge in [0.2, 0.25) is 5.95 Å². The molecule has 0 aliphatic carbocycles. The first-order valence-electron chi connectivity index (χ1n) is 6.36. The minimum Gasteiger partial charge on any atom is -0.399 e. The molecule has 1 heterocycles. The molecule has 0 fully saturated rings. The maximum Gasteiger partial charge on any atom is 0.260 e. The maximum atomic E-state index is 13.2. The van der Waals surface area contributed by atoms with E-state index in [0.29, 0.717) is 33.8 Å². The molecule has 1 aromatic heterocycles. The number of aryl methyl sites for hydroxylation is 1. The molecule has 0 bridgehead atoms. The van der Waals surface area contributed by atoms with E-state index in [1.165, 1.54) is 6.07 Å². The number of H-pyrrole nitrogens is 1. The van der Waals surface area contributed by atoms with Gasteiger partial charge in [0.15, 0.2) is 0 Å². The summed E-state index contributed by atoms with van der Waals surface area (Å²) in [7, 11) is 0. The highest BCUT2D eigenvalue weighted by Gasteiger charge is 2.05. The lowest BCUT2D eigenvalue weighted by molar-refractivity contribution is 0.619. The van der Waals surface area contributed by atoms with Crippen LogP contribution in [0, 0.1) is 12.7 Å². The summed E-state index contributed by atoms with van der Waals surface area (Å²) in [6, 6.07) is 9.52. The fourth-order valence-electron chi connectivity index (χ4n) is 2.07. The van der Waals surface area contributed by atoms with Crippen LogP contribution in [0.3, 0.4) is 0 Å². The molecule has 0 radical (unpaired) electrons. The molecule has 0 spiro atoms. The zero-order valence-electron chi connectivity index (χ0n) is 11.3. The first-order valence-corrected chi connectivity index (χ1v) is 6.36. The van der Waals surface area contributed by atoms with Crippen molar-refractivity contribution in [3.05, 3.63) is 58.1 Å². The number of anilines is 3. The second-order valence-corrected chi connectivity index (χ2v) is 4.78. The minimum atomic E-state index is -0.284. The number of aromatic nitrogens is 2. The van der Waals surface area contributed by atoms with Crippen molar-refractivity contribution in [1.29, 1.82) is 0 Å². The Balaban J connectivity index is 2.03. The van der Waals surface area contributed by atoms with Crippen molar-refractivity contribution in [3.63, 3.8) is 0 Å². The van der Waals surface area contributed by atoms with E-state index in [1.54, 1.807) is 37.3 Å². The first-order chi connectivity index (χ1) is 10.0. The van der Waals surface area contributed by atoms with Crippen molar-refractivity contribution in [2.24, 2.45) is 0 Å². The summed E-state index contributed by atoms with van der Waals surface area (Å²) >= 11 is 0. The molecule has 0 aliphatic heterocycles. The number of hydrogen-bond donors (Lipinski definition) is 3. The molecule has 4 N–H and O–H groups in total. The van der Waals surface area contributed by atoms with Crippen LogP contribution in [0.5, 0.6) is 0 Å². The van der Waals surface area contributed by atoms with Gasteiger partial charge in [0.25, 0.3) is 5.56 Å². The normalized spacial score (nSPS) is 10.8. The molecule has 0 aliphatic rings. The van der Waals surface area contributed by atoms with Crippen molar-refractivity contribution in [2.75, 3.05) is 11.1 Å². The molecule has 2 aromatic carbocycles. The van der Waals surface area contributed by atoms with Crippen LogP contribution >= 0.6 is 0 Å². The lowest BCUT2D eigenvalue weighted by Gasteiger charge is -2.08. The Bertz CT molecular complexity index is 888. The van der Waals surface area contributed by atoms with E-state index in [-0.39, 0.29) is 11.4 Å². The molecular weight excluding hydrogens is 271 g/mol. The molecule has 0 saturated carbocycles. The highest BCUT2D eigenvalue weighted by Crippen LogP contribution is 2.18. The molecule has 3 rings (SSSR count). The summed E-state index contributed by atoms with van der Waals surface area (Å²) in [5.41, 5.74) is 7.57. The lowest BCUT2D eigenvalue weighted by atomic mass is 10.2. The van der Waals surface area contributed by atoms with Gasteiger partial charge in [-0.05, 0) is 48.9 Å². The SMILES string of the molecule is Cc1cc(Nc2nc3ccc(N)cc3c(=O)[nH]2)ccc1F. The Labute approximate surface area is 119 Å². The summed E-state index contributed by atoms with van der Waals surface area (Å²) in [5, 5.41) is 3.38. The van der Waals surface area contributed by atoms with E-state index < -0.39 is 0 Å². The van der Waals surface area contributed by atoms with E-state index in [9.17, 15) is 9.18 Å². The van der Waals surface area contributed by atoms with Crippen LogP contribution in [-0.2, 0) is 0 Å². The average Bonchev–Trinajstić information content (AvgIpc) is 2.44. The standard InChI is InChI=1S/C15H13FN4O/c1-8-6-10(3-4-12(8)16)18-15-19-13-5-2-9(17)7-11(13)14(21)20-15/h2-7H,17H2,1H3,(H2,18,19,20,21). The third-order valence-corrected chi connectivity index (χ3v) is 3.15. The van der Waals surface area contributed by atoms with Gasteiger partial charge in [0.1, 0.15) is 5.82 Å². The molecular formula is C15H13FN4O. The predicted molar refractivity (Wildman–Crippen MR) is 81.2 cm³/mol. The monoisotopic (exact) mass is 284 g/mol. The number of fused-ring (bicyclic) bond motifs is 1. The molecule has 106 valence electrons. The maximum absolute atomic E-state index is 13.2. The molecule has 21 heavy (non-hydrogen) atoms. The number of rotatable bonds is 2. The van der Waals surface area contributed by atoms with E-state index in [2.05, 4.69) is 15.3 Å². The zero-order chi connectivity index (χ0) is 15.0. The van der Waals surface area contributed by atoms with E-state index >= 15 is 0 Å². The Morgan fingerprint density at radius 1 is 1.24 bits per heavy atom. The van der Waals surface area contributed by atoms with Gasteiger partial charge in [-0.25, -0.2) is 9.37 Å². The van der Waals surface area contributed by atoms with Gasteiger partial charge >= 0.3 is 0 Å². The van der Waals surface area contributed by atoms with Crippen LogP contribution in [0.4, 0.5) is 21.7 Å². The van der Waals surface area contributed by atoms with E-state index in [1.807, 2.05) is 0 Å². The number of aromatic amines is 1. The largest absolute Gasteiger partial charge is 0.399 e. The van der Waals surface area contributed by atoms with Crippen LogP contribution in [0.25, 0.3) is 10.9 Å². The Morgan fingerprint density at radius 2 is 2.05 bits per heavy atom. The molecule has 3 aromatic rings. The van der Waals surface area contributed by atoms with Gasteiger partial charge in [-0.3, -0.25) is 9.78 Å².